The Morgan fingerprint density at radius 3 is 1.11 bits per heavy atom. The van der Waals surface area contributed by atoms with E-state index in [1.165, 1.54) is 18.2 Å². The van der Waals surface area contributed by atoms with E-state index in [9.17, 15) is 57.1 Å². The van der Waals surface area contributed by atoms with Gasteiger partial charge in [-0.2, -0.15) is 74.6 Å². The van der Waals surface area contributed by atoms with E-state index in [1.54, 1.807) is 0 Å². The molecule has 0 unspecified atom stereocenters. The molecule has 1 aromatic carbocycles. The molecule has 256 valence electrons. The molecule has 0 atom stereocenters. The van der Waals surface area contributed by atoms with Gasteiger partial charge in [0.1, 0.15) is 0 Å². The molecule has 0 radical (unpaired) electrons. The van der Waals surface area contributed by atoms with Crippen molar-refractivity contribution in [1.82, 2.24) is 0 Å². The van der Waals surface area contributed by atoms with Crippen LogP contribution in [0.5, 0.6) is 0 Å². The van der Waals surface area contributed by atoms with Crippen molar-refractivity contribution < 1.29 is 82.9 Å². The zero-order chi connectivity index (χ0) is 35.4. The Labute approximate surface area is 242 Å². The lowest BCUT2D eigenvalue weighted by atomic mass is 9.91. The standard InChI is InChI=1S/C22H25F17O2Si3/c1-42(2,3)40-44(41-43(4,5)6,13-12-14-10-8-7-9-11-14)22(38,39)20(33,34)18(29,30)16(25,26)15(23,24)17(27,28)19(31,32)21(35,36)37/h7-13H,1-6H3. The van der Waals surface area contributed by atoms with Crippen LogP contribution in [0.2, 0.25) is 39.3 Å². The fourth-order valence-corrected chi connectivity index (χ4v) is 14.0. The SMILES string of the molecule is C[Si](C)(C)O[Si](C=Cc1ccccc1)(O[Si](C)(C)C)C(F)(F)C(F)(F)C(F)(F)C(F)(F)C(F)(F)C(F)(F)C(F)(F)C(F)(F)F. The molecule has 0 spiro atoms. The first-order valence-electron chi connectivity index (χ1n) is 11.9. The number of rotatable bonds is 13. The summed E-state index contributed by atoms with van der Waals surface area (Å²) in [6, 6.07) is 6.19. The third kappa shape index (κ3) is 6.73. The first-order chi connectivity index (χ1) is 19.0. The molecule has 0 aliphatic carbocycles. The quantitative estimate of drug-likeness (QED) is 0.149. The van der Waals surface area contributed by atoms with E-state index in [0.29, 0.717) is 6.08 Å². The van der Waals surface area contributed by atoms with Crippen molar-refractivity contribution >= 4 is 31.3 Å². The van der Waals surface area contributed by atoms with Gasteiger partial charge in [-0.05, 0) is 50.5 Å². The van der Waals surface area contributed by atoms with Gasteiger partial charge < -0.3 is 8.23 Å². The van der Waals surface area contributed by atoms with Crippen LogP contribution in [0.15, 0.2) is 36.0 Å². The molecule has 2 nitrogen and oxygen atoms in total. The zero-order valence-electron chi connectivity index (χ0n) is 23.3. The van der Waals surface area contributed by atoms with Gasteiger partial charge in [0.05, 0.1) is 0 Å². The summed E-state index contributed by atoms with van der Waals surface area (Å²) in [5.41, 5.74) is -6.94. The van der Waals surface area contributed by atoms with Crippen LogP contribution >= 0.6 is 0 Å². The third-order valence-electron chi connectivity index (χ3n) is 5.37. The third-order valence-corrected chi connectivity index (χ3v) is 14.5. The van der Waals surface area contributed by atoms with E-state index in [-0.39, 0.29) is 11.3 Å². The first kappa shape index (κ1) is 40.4. The Morgan fingerprint density at radius 2 is 0.795 bits per heavy atom. The molecule has 0 saturated carbocycles. The highest BCUT2D eigenvalue weighted by Gasteiger charge is 2.96. The van der Waals surface area contributed by atoms with Crippen LogP contribution in [-0.4, -0.2) is 72.5 Å². The van der Waals surface area contributed by atoms with Crippen LogP contribution in [0.3, 0.4) is 0 Å². The van der Waals surface area contributed by atoms with E-state index >= 15 is 17.6 Å². The summed E-state index contributed by atoms with van der Waals surface area (Å²) >= 11 is 0. The second kappa shape index (κ2) is 11.5. The lowest BCUT2D eigenvalue weighted by Gasteiger charge is -2.48. The maximum atomic E-state index is 15.9. The fourth-order valence-electron chi connectivity index (χ4n) is 3.38. The molecular formula is C22H25F17O2Si3. The smallest absolute Gasteiger partial charge is 0.430 e. The number of hydrogen-bond acceptors (Lipinski definition) is 2. The van der Waals surface area contributed by atoms with Crippen LogP contribution in [0.4, 0.5) is 74.6 Å². The summed E-state index contributed by atoms with van der Waals surface area (Å²) in [7, 11) is -14.2. The van der Waals surface area contributed by atoms with E-state index in [2.05, 4.69) is 0 Å². The zero-order valence-corrected chi connectivity index (χ0v) is 26.3. The van der Waals surface area contributed by atoms with Crippen molar-refractivity contribution in [2.45, 2.75) is 86.5 Å². The summed E-state index contributed by atoms with van der Waals surface area (Å²) in [5.74, 6) is -50.6. The van der Waals surface area contributed by atoms with E-state index < -0.39 is 72.5 Å². The molecule has 0 saturated heterocycles. The number of halogens is 17. The lowest BCUT2D eigenvalue weighted by molar-refractivity contribution is -0.459. The molecular weight excluding hydrogens is 703 g/mol. The van der Waals surface area contributed by atoms with Crippen LogP contribution < -0.4 is 0 Å². The molecule has 0 bridgehead atoms. The number of hydrogen-bond donors (Lipinski definition) is 0. The Bertz CT molecular complexity index is 1160. The summed E-state index contributed by atoms with van der Waals surface area (Å²) < 4.78 is 250. The van der Waals surface area contributed by atoms with Gasteiger partial charge in [0.2, 0.25) is 0 Å². The number of alkyl halides is 17. The predicted octanol–water partition coefficient (Wildman–Crippen LogP) is 9.93. The van der Waals surface area contributed by atoms with Crippen molar-refractivity contribution in [3.63, 3.8) is 0 Å². The highest BCUT2D eigenvalue weighted by Crippen LogP contribution is 2.65. The highest BCUT2D eigenvalue weighted by molar-refractivity contribution is 6.92. The predicted molar refractivity (Wildman–Crippen MR) is 131 cm³/mol. The Balaban J connectivity index is 4.13. The van der Waals surface area contributed by atoms with Gasteiger partial charge >= 0.3 is 55.8 Å². The molecule has 0 aliphatic heterocycles. The molecule has 22 heteroatoms. The van der Waals surface area contributed by atoms with Crippen molar-refractivity contribution in [3.8, 4) is 0 Å². The summed E-state index contributed by atoms with van der Waals surface area (Å²) in [5, 5.41) is 0. The lowest BCUT2D eigenvalue weighted by Crippen LogP contribution is -2.79. The van der Waals surface area contributed by atoms with Gasteiger partial charge in [-0.15, -0.1) is 0 Å². The van der Waals surface area contributed by atoms with Gasteiger partial charge in [0.25, 0.3) is 0 Å². The first-order valence-corrected chi connectivity index (χ1v) is 20.6. The summed E-state index contributed by atoms with van der Waals surface area (Å²) in [6.45, 7) is 6.05. The van der Waals surface area contributed by atoms with Gasteiger partial charge in [-0.1, -0.05) is 36.4 Å². The van der Waals surface area contributed by atoms with E-state index in [1.807, 2.05) is 0 Å². The Morgan fingerprint density at radius 1 is 0.477 bits per heavy atom. The van der Waals surface area contributed by atoms with Crippen LogP contribution in [0, 0.1) is 0 Å². The molecule has 0 amide bonds. The van der Waals surface area contributed by atoms with E-state index in [0.717, 1.165) is 51.4 Å². The fraction of sp³-hybridized carbons (Fsp3) is 0.636. The minimum absolute atomic E-state index is 0.00547. The summed E-state index contributed by atoms with van der Waals surface area (Å²) in [6.07, 6.45) is -7.27. The van der Waals surface area contributed by atoms with Crippen LogP contribution in [0.1, 0.15) is 5.56 Å². The average molecular weight is 729 g/mol. The van der Waals surface area contributed by atoms with Crippen LogP contribution in [0.25, 0.3) is 6.08 Å². The molecule has 1 rings (SSSR count). The van der Waals surface area contributed by atoms with Crippen LogP contribution in [-0.2, 0) is 8.23 Å². The van der Waals surface area contributed by atoms with Gasteiger partial charge in [-0.25, -0.2) is 0 Å². The van der Waals surface area contributed by atoms with E-state index in [4.69, 9.17) is 8.23 Å². The molecule has 0 aromatic heterocycles. The van der Waals surface area contributed by atoms with Crippen molar-refractivity contribution in [2.24, 2.45) is 0 Å². The number of benzene rings is 1. The molecule has 0 heterocycles. The molecule has 0 N–H and O–H groups in total. The second-order valence-corrected chi connectivity index (χ2v) is 23.7. The Hall–Kier alpha value is -1.66. The average Bonchev–Trinajstić information content (AvgIpc) is 2.79. The van der Waals surface area contributed by atoms with Gasteiger partial charge in [-0.3, -0.25) is 0 Å². The molecule has 0 aliphatic rings. The highest BCUT2D eigenvalue weighted by atomic mass is 28.5. The topological polar surface area (TPSA) is 18.5 Å². The minimum atomic E-state index is -8.72. The van der Waals surface area contributed by atoms with Crippen molar-refractivity contribution in [2.75, 3.05) is 0 Å². The normalized spacial score (nSPS) is 16.2. The van der Waals surface area contributed by atoms with Crippen molar-refractivity contribution in [3.05, 3.63) is 41.6 Å². The molecule has 44 heavy (non-hydrogen) atoms. The maximum Gasteiger partial charge on any atom is 0.460 e. The second-order valence-electron chi connectivity index (χ2n) is 11.4. The largest absolute Gasteiger partial charge is 0.460 e. The Kier molecular flexibility index (Phi) is 10.6. The van der Waals surface area contributed by atoms with Gasteiger partial charge in [0, 0.05) is 0 Å². The minimum Gasteiger partial charge on any atom is -0.430 e. The maximum absolute atomic E-state index is 15.9. The van der Waals surface area contributed by atoms with Gasteiger partial charge in [0.15, 0.2) is 16.6 Å². The summed E-state index contributed by atoms with van der Waals surface area (Å²) in [4.78, 5) is 0. The van der Waals surface area contributed by atoms with Crippen molar-refractivity contribution in [1.29, 1.82) is 0 Å². The molecule has 1 aromatic rings. The monoisotopic (exact) mass is 728 g/mol. The molecule has 0 fully saturated rings.